The maximum Gasteiger partial charge on any atom is 0.230 e. The predicted octanol–water partition coefficient (Wildman–Crippen LogP) is 5.06. The molecule has 0 N–H and O–H groups in total. The van der Waals surface area contributed by atoms with Crippen molar-refractivity contribution in [1.82, 2.24) is 9.88 Å². The second-order valence-corrected chi connectivity index (χ2v) is 8.91. The Labute approximate surface area is 168 Å². The van der Waals surface area contributed by atoms with E-state index >= 15 is 0 Å². The van der Waals surface area contributed by atoms with Crippen LogP contribution in [-0.2, 0) is 10.5 Å². The molecule has 0 saturated carbocycles. The summed E-state index contributed by atoms with van der Waals surface area (Å²) in [6, 6.07) is 6.06. The molecule has 1 aromatic carbocycles. The number of hydrogen-bond donors (Lipinski definition) is 0. The smallest absolute Gasteiger partial charge is 0.230 e. The van der Waals surface area contributed by atoms with E-state index in [1.807, 2.05) is 37.4 Å². The fourth-order valence-corrected chi connectivity index (χ4v) is 5.26. The number of thiazole rings is 1. The van der Waals surface area contributed by atoms with Crippen LogP contribution in [0.2, 0.25) is 0 Å². The lowest BCUT2D eigenvalue weighted by Crippen LogP contribution is -2.24. The molecule has 3 rings (SSSR count). The minimum atomic E-state index is -0.0245. The number of aromatic nitrogens is 1. The first-order valence-electron chi connectivity index (χ1n) is 8.70. The third-order valence-corrected chi connectivity index (χ3v) is 6.85. The summed E-state index contributed by atoms with van der Waals surface area (Å²) in [5.74, 6) is 0.716. The Hall–Kier alpha value is -1.44. The molecular weight excluding hydrogens is 382 g/mol. The molecule has 138 valence electrons. The number of anilines is 2. The number of thioether (sulfide) groups is 1. The first kappa shape index (κ1) is 19.3. The Morgan fingerprint density at radius 1 is 1.31 bits per heavy atom. The Kier molecular flexibility index (Phi) is 6.32. The van der Waals surface area contributed by atoms with Crippen LogP contribution in [0.4, 0.5) is 10.8 Å². The lowest BCUT2D eigenvalue weighted by atomic mass is 10.1. The van der Waals surface area contributed by atoms with Crippen molar-refractivity contribution in [1.29, 1.82) is 0 Å². The zero-order valence-electron chi connectivity index (χ0n) is 15.3. The quantitative estimate of drug-likeness (QED) is 0.665. The van der Waals surface area contributed by atoms with Gasteiger partial charge in [-0.25, -0.2) is 4.98 Å². The van der Waals surface area contributed by atoms with Gasteiger partial charge in [-0.05, 0) is 37.8 Å². The maximum absolute atomic E-state index is 12.4. The minimum absolute atomic E-state index is 0.0245. The monoisotopic (exact) mass is 405 g/mol. The van der Waals surface area contributed by atoms with Crippen molar-refractivity contribution in [3.63, 3.8) is 0 Å². The van der Waals surface area contributed by atoms with Crippen molar-refractivity contribution in [2.45, 2.75) is 39.4 Å². The maximum atomic E-state index is 12.4. The van der Waals surface area contributed by atoms with Gasteiger partial charge >= 0.3 is 0 Å². The molecule has 0 bridgehead atoms. The molecule has 1 fully saturated rings. The van der Waals surface area contributed by atoms with Gasteiger partial charge in [0.2, 0.25) is 5.91 Å². The molecule has 0 aliphatic carbocycles. The van der Waals surface area contributed by atoms with Gasteiger partial charge in [-0.3, -0.25) is 9.69 Å². The van der Waals surface area contributed by atoms with Gasteiger partial charge in [-0.2, -0.15) is 0 Å². The number of hydrogen-bond acceptors (Lipinski definition) is 5. The number of amides is 1. The summed E-state index contributed by atoms with van der Waals surface area (Å²) in [6.45, 7) is 7.77. The van der Waals surface area contributed by atoms with E-state index in [2.05, 4.69) is 4.90 Å². The van der Waals surface area contributed by atoms with Crippen LogP contribution in [-0.4, -0.2) is 33.2 Å². The molecule has 0 spiro atoms. The SMILES string of the molecule is CC(=O)N(c1nc(CSC(=S)N2CCCC2)cs1)c1c(C)cccc1C. The van der Waals surface area contributed by atoms with Gasteiger partial charge in [-0.1, -0.05) is 42.2 Å². The molecule has 1 aliphatic heterocycles. The van der Waals surface area contributed by atoms with E-state index in [4.69, 9.17) is 17.2 Å². The molecule has 7 heteroatoms. The number of nitrogens with zero attached hydrogens (tertiary/aromatic N) is 3. The van der Waals surface area contributed by atoms with E-state index in [0.29, 0.717) is 0 Å². The van der Waals surface area contributed by atoms with E-state index in [9.17, 15) is 4.79 Å². The zero-order valence-corrected chi connectivity index (χ0v) is 17.8. The van der Waals surface area contributed by atoms with Crippen molar-refractivity contribution >= 4 is 56.4 Å². The summed E-state index contributed by atoms with van der Waals surface area (Å²) in [5, 5.41) is 2.75. The van der Waals surface area contributed by atoms with Gasteiger partial charge in [0.1, 0.15) is 4.32 Å². The largest absolute Gasteiger partial charge is 0.358 e. The van der Waals surface area contributed by atoms with Crippen LogP contribution >= 0.6 is 35.3 Å². The highest BCUT2D eigenvalue weighted by molar-refractivity contribution is 8.22. The van der Waals surface area contributed by atoms with E-state index in [0.717, 1.165) is 50.8 Å². The highest BCUT2D eigenvalue weighted by Crippen LogP contribution is 2.34. The van der Waals surface area contributed by atoms with Crippen LogP contribution in [0.25, 0.3) is 0 Å². The lowest BCUT2D eigenvalue weighted by molar-refractivity contribution is -0.115. The van der Waals surface area contributed by atoms with Gasteiger partial charge < -0.3 is 4.90 Å². The molecule has 0 unspecified atom stereocenters. The average Bonchev–Trinajstić information content (AvgIpc) is 3.27. The topological polar surface area (TPSA) is 36.4 Å². The van der Waals surface area contributed by atoms with Crippen molar-refractivity contribution in [2.75, 3.05) is 18.0 Å². The number of para-hydroxylation sites is 1. The molecule has 1 aliphatic rings. The van der Waals surface area contributed by atoms with Gasteiger partial charge in [0, 0.05) is 31.1 Å². The zero-order chi connectivity index (χ0) is 18.7. The van der Waals surface area contributed by atoms with Crippen LogP contribution in [0.5, 0.6) is 0 Å². The lowest BCUT2D eigenvalue weighted by Gasteiger charge is -2.22. The Bertz CT molecular complexity index is 792. The van der Waals surface area contributed by atoms with E-state index in [1.54, 1.807) is 23.6 Å². The molecule has 2 aromatic rings. The second kappa shape index (κ2) is 8.50. The highest BCUT2D eigenvalue weighted by Gasteiger charge is 2.22. The average molecular weight is 406 g/mol. The van der Waals surface area contributed by atoms with Crippen molar-refractivity contribution < 1.29 is 4.79 Å². The Morgan fingerprint density at radius 3 is 2.58 bits per heavy atom. The number of thiocarbonyl (C=S) groups is 1. The first-order chi connectivity index (χ1) is 12.5. The highest BCUT2D eigenvalue weighted by atomic mass is 32.2. The summed E-state index contributed by atoms with van der Waals surface area (Å²) in [7, 11) is 0. The van der Waals surface area contributed by atoms with Gasteiger partial charge in [-0.15, -0.1) is 11.3 Å². The van der Waals surface area contributed by atoms with Crippen LogP contribution in [0.3, 0.4) is 0 Å². The molecule has 1 saturated heterocycles. The van der Waals surface area contributed by atoms with Crippen molar-refractivity contribution in [3.8, 4) is 0 Å². The number of likely N-dealkylation sites (tertiary alicyclic amines) is 1. The Balaban J connectivity index is 1.76. The van der Waals surface area contributed by atoms with Crippen molar-refractivity contribution in [3.05, 3.63) is 40.4 Å². The molecule has 1 amide bonds. The summed E-state index contributed by atoms with van der Waals surface area (Å²) >= 11 is 8.69. The normalized spacial score (nSPS) is 13.9. The number of benzene rings is 1. The van der Waals surface area contributed by atoms with Crippen LogP contribution in [0.15, 0.2) is 23.6 Å². The summed E-state index contributed by atoms with van der Waals surface area (Å²) < 4.78 is 0.954. The third kappa shape index (κ3) is 4.27. The molecule has 26 heavy (non-hydrogen) atoms. The van der Waals surface area contributed by atoms with Crippen LogP contribution in [0.1, 0.15) is 36.6 Å². The van der Waals surface area contributed by atoms with Crippen molar-refractivity contribution in [2.24, 2.45) is 0 Å². The number of aryl methyl sites for hydroxylation is 2. The molecule has 0 atom stereocenters. The second-order valence-electron chi connectivity index (χ2n) is 6.46. The van der Waals surface area contributed by atoms with Crippen LogP contribution in [0, 0.1) is 13.8 Å². The summed E-state index contributed by atoms with van der Waals surface area (Å²) in [4.78, 5) is 21.1. The standard InChI is InChI=1S/C19H23N3OS3/c1-13-7-6-8-14(2)17(13)22(15(3)23)18-20-16(11-25-18)12-26-19(24)21-9-4-5-10-21/h6-8,11H,4-5,9-10,12H2,1-3H3. The molecule has 2 heterocycles. The minimum Gasteiger partial charge on any atom is -0.358 e. The molecular formula is C19H23N3OS3. The van der Waals surface area contributed by atoms with Crippen LogP contribution < -0.4 is 4.90 Å². The number of carbonyl (C=O) groups is 1. The Morgan fingerprint density at radius 2 is 1.96 bits per heavy atom. The predicted molar refractivity (Wildman–Crippen MR) is 116 cm³/mol. The first-order valence-corrected chi connectivity index (χ1v) is 11.0. The van der Waals surface area contributed by atoms with E-state index in [-0.39, 0.29) is 5.91 Å². The number of carbonyl (C=O) groups excluding carboxylic acids is 1. The summed E-state index contributed by atoms with van der Waals surface area (Å²) in [5.41, 5.74) is 4.04. The molecule has 0 radical (unpaired) electrons. The van der Waals surface area contributed by atoms with E-state index in [1.165, 1.54) is 24.2 Å². The van der Waals surface area contributed by atoms with Gasteiger partial charge in [0.25, 0.3) is 0 Å². The summed E-state index contributed by atoms with van der Waals surface area (Å²) in [6.07, 6.45) is 2.45. The van der Waals surface area contributed by atoms with Gasteiger partial charge in [0.05, 0.1) is 11.4 Å². The third-order valence-electron chi connectivity index (χ3n) is 4.42. The van der Waals surface area contributed by atoms with E-state index < -0.39 is 0 Å². The fraction of sp³-hybridized carbons (Fsp3) is 0.421. The fourth-order valence-electron chi connectivity index (χ4n) is 3.14. The molecule has 4 nitrogen and oxygen atoms in total. The number of rotatable bonds is 4. The molecule has 1 aromatic heterocycles. The van der Waals surface area contributed by atoms with Gasteiger partial charge in [0.15, 0.2) is 5.13 Å².